The number of nitro benzene ring substituents is 1. The maximum atomic E-state index is 11.8. The highest BCUT2D eigenvalue weighted by Gasteiger charge is 2.17. The molecule has 0 spiro atoms. The van der Waals surface area contributed by atoms with E-state index in [4.69, 9.17) is 10.4 Å². The highest BCUT2D eigenvalue weighted by atomic mass is 16.7. The molecule has 0 aliphatic rings. The van der Waals surface area contributed by atoms with Gasteiger partial charge in [-0.3, -0.25) is 10.1 Å². The zero-order chi connectivity index (χ0) is 20.7. The first-order chi connectivity index (χ1) is 13.3. The second kappa shape index (κ2) is 9.14. The van der Waals surface area contributed by atoms with Crippen LogP contribution in [0.15, 0.2) is 35.4 Å². The van der Waals surface area contributed by atoms with E-state index in [9.17, 15) is 25.1 Å². The summed E-state index contributed by atoms with van der Waals surface area (Å²) in [4.78, 5) is 29.8. The summed E-state index contributed by atoms with van der Waals surface area (Å²) in [6.45, 7) is 1.79. The number of anilines is 1. The highest BCUT2D eigenvalue weighted by molar-refractivity contribution is 5.70. The minimum absolute atomic E-state index is 0.0149. The van der Waals surface area contributed by atoms with Crippen LogP contribution >= 0.6 is 0 Å². The van der Waals surface area contributed by atoms with E-state index in [1.165, 1.54) is 30.3 Å². The van der Waals surface area contributed by atoms with Crippen LogP contribution in [0, 0.1) is 10.1 Å². The average molecular weight is 390 g/mol. The maximum Gasteiger partial charge on any atom is 0.333 e. The molecule has 2 rings (SSSR count). The summed E-state index contributed by atoms with van der Waals surface area (Å²) >= 11 is 0. The largest absolute Gasteiger partial charge is 0.492 e. The molecular weight excluding hydrogens is 372 g/mol. The van der Waals surface area contributed by atoms with Crippen molar-refractivity contribution in [3.8, 4) is 11.8 Å². The molecule has 1 aromatic carbocycles. The number of carbonyl (C=O) groups excluding carboxylic acids is 1. The summed E-state index contributed by atoms with van der Waals surface area (Å²) < 4.78 is 0.610. The first-order valence-electron chi connectivity index (χ1n) is 8.22. The van der Waals surface area contributed by atoms with Crippen molar-refractivity contribution in [1.82, 2.24) is 4.73 Å². The number of nitro groups is 1. The fourth-order valence-corrected chi connectivity index (χ4v) is 2.44. The van der Waals surface area contributed by atoms with E-state index in [0.717, 1.165) is 0 Å². The van der Waals surface area contributed by atoms with Crippen LogP contribution in [0.4, 0.5) is 17.1 Å². The smallest absolute Gasteiger partial charge is 0.333 e. The first kappa shape index (κ1) is 20.4. The molecule has 1 heterocycles. The van der Waals surface area contributed by atoms with E-state index in [-0.39, 0.29) is 29.5 Å². The lowest BCUT2D eigenvalue weighted by molar-refractivity contribution is -0.383. The minimum atomic E-state index is -0.654. The molecule has 0 fully saturated rings. The van der Waals surface area contributed by atoms with Gasteiger partial charge in [0.25, 0.3) is 5.69 Å². The van der Waals surface area contributed by atoms with Crippen molar-refractivity contribution in [2.45, 2.75) is 32.2 Å². The number of benzene rings is 1. The second-order valence-corrected chi connectivity index (χ2v) is 5.89. The van der Waals surface area contributed by atoms with Gasteiger partial charge in [0.1, 0.15) is 5.69 Å². The molecule has 0 aliphatic carbocycles. The van der Waals surface area contributed by atoms with E-state index < -0.39 is 22.7 Å². The summed E-state index contributed by atoms with van der Waals surface area (Å²) in [5.41, 5.74) is 8.59. The molecule has 1 aromatic heterocycles. The highest BCUT2D eigenvalue weighted by Crippen LogP contribution is 2.30. The molecular formula is C16H18N6O6. The number of carbonyl (C=O) groups is 1. The third-order valence-corrected chi connectivity index (χ3v) is 3.75. The Labute approximate surface area is 158 Å². The molecule has 2 aromatic rings. The molecule has 3 N–H and O–H groups in total. The predicted molar refractivity (Wildman–Crippen MR) is 98.2 cm³/mol. The van der Waals surface area contributed by atoms with Gasteiger partial charge in [0.15, 0.2) is 0 Å². The molecule has 1 unspecified atom stereocenters. The second-order valence-electron chi connectivity index (χ2n) is 5.89. The number of rotatable bonds is 9. The Hall–Kier alpha value is -3.92. The Morgan fingerprint density at radius 3 is 2.68 bits per heavy atom. The predicted octanol–water partition coefficient (Wildman–Crippen LogP) is 3.38. The summed E-state index contributed by atoms with van der Waals surface area (Å²) in [7, 11) is 0. The van der Waals surface area contributed by atoms with Crippen LogP contribution in [0.5, 0.6) is 11.8 Å². The van der Waals surface area contributed by atoms with E-state index >= 15 is 0 Å². The molecule has 12 nitrogen and oxygen atoms in total. The van der Waals surface area contributed by atoms with Crippen molar-refractivity contribution in [1.29, 1.82) is 0 Å². The average Bonchev–Trinajstić information content (AvgIpc) is 2.95. The Bertz CT molecular complexity index is 901. The summed E-state index contributed by atoms with van der Waals surface area (Å²) in [6, 6.07) is 6.22. The minimum Gasteiger partial charge on any atom is -0.492 e. The van der Waals surface area contributed by atoms with Gasteiger partial charge in [-0.1, -0.05) is 11.2 Å². The molecule has 28 heavy (non-hydrogen) atoms. The third kappa shape index (κ3) is 5.29. The number of aromatic hydroxyl groups is 2. The Morgan fingerprint density at radius 2 is 2.07 bits per heavy atom. The molecule has 0 saturated carbocycles. The van der Waals surface area contributed by atoms with Crippen molar-refractivity contribution in [2.75, 3.05) is 5.32 Å². The van der Waals surface area contributed by atoms with Gasteiger partial charge in [-0.05, 0) is 31.4 Å². The molecule has 1 atom stereocenters. The van der Waals surface area contributed by atoms with Crippen LogP contribution in [0.2, 0.25) is 0 Å². The molecule has 148 valence electrons. The molecule has 0 radical (unpaired) electrons. The number of aromatic nitrogens is 1. The van der Waals surface area contributed by atoms with Gasteiger partial charge in [-0.15, -0.1) is 4.73 Å². The summed E-state index contributed by atoms with van der Waals surface area (Å²) in [5.74, 6) is -1.46. The fraction of sp³-hybridized carbons (Fsp3) is 0.312. The van der Waals surface area contributed by atoms with Crippen molar-refractivity contribution in [3.05, 3.63) is 50.9 Å². The number of hydrogen-bond acceptors (Lipinski definition) is 8. The Morgan fingerprint density at radius 1 is 1.39 bits per heavy atom. The quantitative estimate of drug-likeness (QED) is 0.193. The lowest BCUT2D eigenvalue weighted by Gasteiger charge is -2.15. The van der Waals surface area contributed by atoms with Crippen molar-refractivity contribution in [2.24, 2.45) is 5.11 Å². The van der Waals surface area contributed by atoms with E-state index in [0.29, 0.717) is 17.6 Å². The van der Waals surface area contributed by atoms with Crippen LogP contribution < -0.4 is 10.2 Å². The molecule has 0 saturated heterocycles. The van der Waals surface area contributed by atoms with Gasteiger partial charge >= 0.3 is 5.97 Å². The molecule has 0 bridgehead atoms. The zero-order valence-electron chi connectivity index (χ0n) is 14.8. The van der Waals surface area contributed by atoms with E-state index in [1.54, 1.807) is 6.92 Å². The SMILES string of the molecule is CC(CCCC(=O)On1c(O)ccc1O)Nc1ccc(N=[N+]=[N-])cc1[N+](=O)[O-]. The monoisotopic (exact) mass is 390 g/mol. The Balaban J connectivity index is 1.88. The molecule has 12 heteroatoms. The van der Waals surface area contributed by atoms with E-state index in [1.807, 2.05) is 0 Å². The van der Waals surface area contributed by atoms with Crippen LogP contribution in [-0.2, 0) is 4.79 Å². The van der Waals surface area contributed by atoms with Gasteiger partial charge < -0.3 is 20.4 Å². The van der Waals surface area contributed by atoms with Crippen LogP contribution in [0.25, 0.3) is 10.4 Å². The number of azide groups is 1. The maximum absolute atomic E-state index is 11.8. The number of nitrogens with one attached hydrogen (secondary N) is 1. The topological polar surface area (TPSA) is 176 Å². The lowest BCUT2D eigenvalue weighted by atomic mass is 10.1. The van der Waals surface area contributed by atoms with E-state index in [2.05, 4.69) is 15.3 Å². The van der Waals surface area contributed by atoms with Gasteiger partial charge in [0.2, 0.25) is 11.8 Å². The van der Waals surface area contributed by atoms with Crippen molar-refractivity contribution in [3.63, 3.8) is 0 Å². The number of hydrogen-bond donors (Lipinski definition) is 3. The van der Waals surface area contributed by atoms with Gasteiger partial charge in [0.05, 0.1) is 4.92 Å². The van der Waals surface area contributed by atoms with Crippen molar-refractivity contribution < 1.29 is 24.8 Å². The van der Waals surface area contributed by atoms with Crippen LogP contribution in [0.3, 0.4) is 0 Å². The zero-order valence-corrected chi connectivity index (χ0v) is 14.8. The third-order valence-electron chi connectivity index (χ3n) is 3.75. The standard InChI is InChI=1S/C16H18N6O6/c1-10(3-2-4-16(25)28-21-14(23)7-8-15(21)24)18-12-6-5-11(19-20-17)9-13(12)22(26)27/h5-10,18,23-24H,2-4H2,1H3. The first-order valence-corrected chi connectivity index (χ1v) is 8.22. The van der Waals surface area contributed by atoms with Crippen molar-refractivity contribution >= 4 is 23.0 Å². The van der Waals surface area contributed by atoms with Gasteiger partial charge in [-0.25, -0.2) is 4.79 Å². The summed E-state index contributed by atoms with van der Waals surface area (Å²) in [6.07, 6.45) is 0.912. The van der Waals surface area contributed by atoms with Gasteiger partial charge in [0, 0.05) is 41.3 Å². The lowest BCUT2D eigenvalue weighted by Crippen LogP contribution is -2.20. The number of nitrogens with zero attached hydrogens (tertiary/aromatic N) is 5. The summed E-state index contributed by atoms with van der Waals surface area (Å²) in [5, 5.41) is 36.4. The van der Waals surface area contributed by atoms with Gasteiger partial charge in [-0.2, -0.15) is 0 Å². The van der Waals surface area contributed by atoms with Crippen LogP contribution in [0.1, 0.15) is 26.2 Å². The normalized spacial score (nSPS) is 11.3. The van der Waals surface area contributed by atoms with Crippen LogP contribution in [-0.4, -0.2) is 31.9 Å². The fourth-order valence-electron chi connectivity index (χ4n) is 2.44. The Kier molecular flexibility index (Phi) is 6.66. The molecule has 0 aliphatic heterocycles. The molecule has 0 amide bonds.